The van der Waals surface area contributed by atoms with Gasteiger partial charge in [-0.2, -0.15) is 9.61 Å². The zero-order chi connectivity index (χ0) is 24.5. The standard InChI is InChI=1S/C26H28F2N6O/c1-15(2)35-19-11-21(27)25(22(28)12-19)23-7-6-18-13-31-26(34(18)33-23)32-24-14-30-9-8-20(24)16-4-3-5-17(29)10-16/h6-9,11-17H,3-5,10,29H2,1-2H3,(H,31,32)/t16-,17+/m1/s1. The van der Waals surface area contributed by atoms with Gasteiger partial charge in [-0.05, 0) is 62.8 Å². The number of nitrogens with one attached hydrogen (secondary N) is 1. The Kier molecular flexibility index (Phi) is 6.34. The number of aromatic nitrogens is 4. The van der Waals surface area contributed by atoms with Crippen molar-refractivity contribution in [2.24, 2.45) is 5.73 Å². The van der Waals surface area contributed by atoms with Crippen LogP contribution in [0.5, 0.6) is 5.75 Å². The number of ether oxygens (including phenoxy) is 1. The lowest BCUT2D eigenvalue weighted by atomic mass is 9.81. The number of nitrogens with zero attached hydrogens (tertiary/aromatic N) is 4. The molecule has 1 fully saturated rings. The summed E-state index contributed by atoms with van der Waals surface area (Å²) in [6.45, 7) is 3.59. The average Bonchev–Trinajstić information content (AvgIpc) is 3.21. The molecule has 1 aromatic carbocycles. The van der Waals surface area contributed by atoms with Crippen molar-refractivity contribution in [3.63, 3.8) is 0 Å². The normalized spacial score (nSPS) is 18.2. The molecule has 35 heavy (non-hydrogen) atoms. The Labute approximate surface area is 202 Å². The van der Waals surface area contributed by atoms with Gasteiger partial charge in [0, 0.05) is 24.4 Å². The smallest absolute Gasteiger partial charge is 0.229 e. The zero-order valence-corrected chi connectivity index (χ0v) is 19.7. The van der Waals surface area contributed by atoms with Crippen molar-refractivity contribution >= 4 is 17.2 Å². The van der Waals surface area contributed by atoms with E-state index in [1.165, 1.54) is 16.6 Å². The summed E-state index contributed by atoms with van der Waals surface area (Å²) in [7, 11) is 0. The van der Waals surface area contributed by atoms with Crippen LogP contribution in [-0.4, -0.2) is 31.7 Å². The van der Waals surface area contributed by atoms with Gasteiger partial charge < -0.3 is 15.8 Å². The Morgan fingerprint density at radius 1 is 1.11 bits per heavy atom. The fraction of sp³-hybridized carbons (Fsp3) is 0.346. The van der Waals surface area contributed by atoms with Gasteiger partial charge in [-0.15, -0.1) is 0 Å². The molecule has 9 heteroatoms. The molecular formula is C26H28F2N6O. The average molecular weight is 479 g/mol. The zero-order valence-electron chi connectivity index (χ0n) is 19.7. The van der Waals surface area contributed by atoms with Crippen LogP contribution in [0, 0.1) is 11.6 Å². The van der Waals surface area contributed by atoms with Gasteiger partial charge in [0.2, 0.25) is 5.95 Å². The second-order valence-electron chi connectivity index (χ2n) is 9.28. The van der Waals surface area contributed by atoms with Crippen molar-refractivity contribution in [1.29, 1.82) is 0 Å². The lowest BCUT2D eigenvalue weighted by Gasteiger charge is -2.28. The summed E-state index contributed by atoms with van der Waals surface area (Å²) in [5.74, 6) is -0.600. The summed E-state index contributed by atoms with van der Waals surface area (Å²) in [6.07, 6.45) is 9.09. The van der Waals surface area contributed by atoms with E-state index in [0.29, 0.717) is 17.4 Å². The molecule has 0 unspecified atom stereocenters. The van der Waals surface area contributed by atoms with Gasteiger partial charge in [-0.25, -0.2) is 13.8 Å². The van der Waals surface area contributed by atoms with Gasteiger partial charge in [0.15, 0.2) is 0 Å². The SMILES string of the molecule is CC(C)Oc1cc(F)c(-c2ccc3cnc(Nc4cnccc4[C@@H]4CCC[C@H](N)C4)n3n2)c(F)c1. The van der Waals surface area contributed by atoms with E-state index in [1.807, 2.05) is 6.07 Å². The number of benzene rings is 1. The Morgan fingerprint density at radius 3 is 2.66 bits per heavy atom. The number of hydrogen-bond acceptors (Lipinski definition) is 6. The second-order valence-corrected chi connectivity index (χ2v) is 9.28. The van der Waals surface area contributed by atoms with E-state index < -0.39 is 11.6 Å². The minimum absolute atomic E-state index is 0.136. The van der Waals surface area contributed by atoms with Gasteiger partial charge in [-0.3, -0.25) is 4.98 Å². The lowest BCUT2D eigenvalue weighted by Crippen LogP contribution is -2.27. The monoisotopic (exact) mass is 478 g/mol. The Morgan fingerprint density at radius 2 is 1.91 bits per heavy atom. The molecule has 1 aliphatic carbocycles. The van der Waals surface area contributed by atoms with Crippen LogP contribution >= 0.6 is 0 Å². The first-order valence-corrected chi connectivity index (χ1v) is 11.9. The molecule has 182 valence electrons. The highest BCUT2D eigenvalue weighted by molar-refractivity contribution is 5.66. The van der Waals surface area contributed by atoms with E-state index in [9.17, 15) is 8.78 Å². The Bertz CT molecular complexity index is 1330. The van der Waals surface area contributed by atoms with E-state index in [2.05, 4.69) is 20.4 Å². The van der Waals surface area contributed by atoms with Crippen molar-refractivity contribution in [3.8, 4) is 17.0 Å². The first kappa shape index (κ1) is 23.2. The van der Waals surface area contributed by atoms with E-state index >= 15 is 0 Å². The molecule has 3 aromatic heterocycles. The van der Waals surface area contributed by atoms with Crippen molar-refractivity contribution in [2.45, 2.75) is 57.6 Å². The fourth-order valence-electron chi connectivity index (χ4n) is 4.73. The molecule has 0 radical (unpaired) electrons. The number of hydrogen-bond donors (Lipinski definition) is 2. The maximum Gasteiger partial charge on any atom is 0.229 e. The van der Waals surface area contributed by atoms with Gasteiger partial charge in [-0.1, -0.05) is 6.42 Å². The van der Waals surface area contributed by atoms with E-state index in [0.717, 1.165) is 36.9 Å². The number of halogens is 2. The number of fused-ring (bicyclic) bond motifs is 1. The van der Waals surface area contributed by atoms with Crippen LogP contribution in [0.15, 0.2) is 48.9 Å². The first-order chi connectivity index (χ1) is 16.9. The summed E-state index contributed by atoms with van der Waals surface area (Å²) >= 11 is 0. The lowest BCUT2D eigenvalue weighted by molar-refractivity contribution is 0.240. The highest BCUT2D eigenvalue weighted by Gasteiger charge is 2.24. The highest BCUT2D eigenvalue weighted by atomic mass is 19.1. The fourth-order valence-corrected chi connectivity index (χ4v) is 4.73. The van der Waals surface area contributed by atoms with Crippen molar-refractivity contribution in [2.75, 3.05) is 5.32 Å². The Hall–Kier alpha value is -3.59. The quantitative estimate of drug-likeness (QED) is 0.376. The molecule has 1 saturated carbocycles. The van der Waals surface area contributed by atoms with E-state index in [-0.39, 0.29) is 29.2 Å². The third kappa shape index (κ3) is 4.81. The third-order valence-electron chi connectivity index (χ3n) is 6.28. The molecule has 0 bridgehead atoms. The van der Waals surface area contributed by atoms with Crippen LogP contribution in [0.3, 0.4) is 0 Å². The molecule has 7 nitrogen and oxygen atoms in total. The summed E-state index contributed by atoms with van der Waals surface area (Å²) in [4.78, 5) is 8.72. The minimum atomic E-state index is -0.745. The predicted octanol–water partition coefficient (Wildman–Crippen LogP) is 5.59. The van der Waals surface area contributed by atoms with Crippen LogP contribution in [-0.2, 0) is 0 Å². The molecule has 3 N–H and O–H groups in total. The second kappa shape index (κ2) is 9.58. The molecule has 4 aromatic rings. The van der Waals surface area contributed by atoms with Crippen molar-refractivity contribution < 1.29 is 13.5 Å². The maximum absolute atomic E-state index is 14.9. The maximum atomic E-state index is 14.9. The summed E-state index contributed by atoms with van der Waals surface area (Å²) in [5.41, 5.74) is 8.77. The number of pyridine rings is 1. The van der Waals surface area contributed by atoms with Crippen LogP contribution in [0.2, 0.25) is 0 Å². The molecule has 5 rings (SSSR count). The summed E-state index contributed by atoms with van der Waals surface area (Å²) < 4.78 is 36.8. The number of imidazole rings is 1. The van der Waals surface area contributed by atoms with Crippen molar-refractivity contribution in [3.05, 3.63) is 66.1 Å². The van der Waals surface area contributed by atoms with Crippen LogP contribution in [0.1, 0.15) is 51.0 Å². The summed E-state index contributed by atoms with van der Waals surface area (Å²) in [6, 6.07) is 7.84. The van der Waals surface area contributed by atoms with E-state index in [4.69, 9.17) is 10.5 Å². The molecule has 3 heterocycles. The molecule has 2 atom stereocenters. The number of anilines is 2. The van der Waals surface area contributed by atoms with Crippen LogP contribution < -0.4 is 15.8 Å². The molecule has 1 aliphatic rings. The van der Waals surface area contributed by atoms with Crippen LogP contribution in [0.4, 0.5) is 20.4 Å². The van der Waals surface area contributed by atoms with Gasteiger partial charge in [0.1, 0.15) is 17.4 Å². The van der Waals surface area contributed by atoms with Gasteiger partial charge in [0.25, 0.3) is 0 Å². The molecule has 0 saturated heterocycles. The van der Waals surface area contributed by atoms with E-state index in [1.54, 1.807) is 44.6 Å². The molecular weight excluding hydrogens is 450 g/mol. The van der Waals surface area contributed by atoms with Gasteiger partial charge >= 0.3 is 0 Å². The minimum Gasteiger partial charge on any atom is -0.491 e. The van der Waals surface area contributed by atoms with Gasteiger partial charge in [0.05, 0.1) is 41.0 Å². The predicted molar refractivity (Wildman–Crippen MR) is 131 cm³/mol. The molecule has 0 spiro atoms. The third-order valence-corrected chi connectivity index (χ3v) is 6.28. The van der Waals surface area contributed by atoms with Crippen molar-refractivity contribution in [1.82, 2.24) is 19.6 Å². The Balaban J connectivity index is 1.49. The topological polar surface area (TPSA) is 90.4 Å². The number of nitrogens with two attached hydrogens (primary N) is 1. The first-order valence-electron chi connectivity index (χ1n) is 11.9. The summed E-state index contributed by atoms with van der Waals surface area (Å²) in [5, 5.41) is 7.82. The highest BCUT2D eigenvalue weighted by Crippen LogP contribution is 2.36. The largest absolute Gasteiger partial charge is 0.491 e. The molecule has 0 amide bonds. The molecule has 0 aliphatic heterocycles. The number of rotatable bonds is 6. The van der Waals surface area contributed by atoms with Crippen LogP contribution in [0.25, 0.3) is 16.8 Å².